The predicted molar refractivity (Wildman–Crippen MR) is 49.9 cm³/mol. The number of ether oxygens (including phenoxy) is 1. The first kappa shape index (κ1) is 13.4. The van der Waals surface area contributed by atoms with E-state index in [9.17, 15) is 22.4 Å². The molecule has 0 aliphatic rings. The minimum Gasteiger partial charge on any atom is -0.462 e. The molecule has 0 saturated heterocycles. The van der Waals surface area contributed by atoms with Crippen molar-refractivity contribution in [3.05, 3.63) is 28.8 Å². The van der Waals surface area contributed by atoms with Crippen molar-refractivity contribution in [3.63, 3.8) is 0 Å². The Kier molecular flexibility index (Phi) is 3.69. The van der Waals surface area contributed by atoms with Crippen molar-refractivity contribution < 1.29 is 27.1 Å². The molecular weight excluding hydrogens is 242 g/mol. The Morgan fingerprint density at radius 2 is 2.06 bits per heavy atom. The van der Waals surface area contributed by atoms with E-state index < -0.39 is 34.8 Å². The fourth-order valence-electron chi connectivity index (χ4n) is 1.32. The normalized spacial score (nSPS) is 11.4. The molecule has 0 atom stereocenters. The summed E-state index contributed by atoms with van der Waals surface area (Å²) in [5.41, 5.74) is -2.59. The Balaban J connectivity index is 3.35. The van der Waals surface area contributed by atoms with Gasteiger partial charge in [-0.25, -0.2) is 14.2 Å². The van der Waals surface area contributed by atoms with Crippen LogP contribution in [0.5, 0.6) is 0 Å². The van der Waals surface area contributed by atoms with Gasteiger partial charge in [0.15, 0.2) is 5.82 Å². The van der Waals surface area contributed by atoms with E-state index in [2.05, 4.69) is 9.72 Å². The van der Waals surface area contributed by atoms with Crippen LogP contribution >= 0.6 is 0 Å². The predicted octanol–water partition coefficient (Wildman–Crippen LogP) is 2.72. The van der Waals surface area contributed by atoms with Gasteiger partial charge in [-0.3, -0.25) is 0 Å². The molecule has 94 valence electrons. The summed E-state index contributed by atoms with van der Waals surface area (Å²) in [6.45, 7) is 2.39. The molecule has 7 heteroatoms. The van der Waals surface area contributed by atoms with Crippen molar-refractivity contribution in [3.8, 4) is 0 Å². The van der Waals surface area contributed by atoms with Crippen molar-refractivity contribution in [1.29, 1.82) is 0 Å². The fourth-order valence-corrected chi connectivity index (χ4v) is 1.32. The number of halogens is 4. The van der Waals surface area contributed by atoms with Crippen molar-refractivity contribution in [2.45, 2.75) is 20.0 Å². The highest BCUT2D eigenvalue weighted by atomic mass is 19.4. The number of rotatable bonds is 2. The maximum Gasteiger partial charge on any atom is 0.433 e. The first-order chi connectivity index (χ1) is 7.79. The Morgan fingerprint density at radius 1 is 1.47 bits per heavy atom. The summed E-state index contributed by atoms with van der Waals surface area (Å²) in [4.78, 5) is 14.3. The SMILES string of the molecule is CCOC(=O)c1c(F)cnc(C(F)(F)F)c1C. The molecule has 0 aromatic carbocycles. The molecule has 1 aromatic heterocycles. The highest BCUT2D eigenvalue weighted by Crippen LogP contribution is 2.32. The monoisotopic (exact) mass is 251 g/mol. The molecule has 0 unspecified atom stereocenters. The topological polar surface area (TPSA) is 39.2 Å². The molecule has 0 aliphatic heterocycles. The zero-order valence-electron chi connectivity index (χ0n) is 9.06. The zero-order valence-corrected chi connectivity index (χ0v) is 9.06. The van der Waals surface area contributed by atoms with E-state index in [4.69, 9.17) is 0 Å². The number of alkyl halides is 3. The summed E-state index contributed by atoms with van der Waals surface area (Å²) < 4.78 is 55.2. The van der Waals surface area contributed by atoms with Crippen LogP contribution in [0.25, 0.3) is 0 Å². The Morgan fingerprint density at radius 3 is 2.53 bits per heavy atom. The number of carbonyl (C=O) groups is 1. The Hall–Kier alpha value is -1.66. The summed E-state index contributed by atoms with van der Waals surface area (Å²) in [5, 5.41) is 0. The number of aromatic nitrogens is 1. The van der Waals surface area contributed by atoms with Gasteiger partial charge >= 0.3 is 12.1 Å². The summed E-state index contributed by atoms with van der Waals surface area (Å²) in [7, 11) is 0. The third-order valence-electron chi connectivity index (χ3n) is 2.02. The van der Waals surface area contributed by atoms with Crippen LogP contribution in [-0.2, 0) is 10.9 Å². The van der Waals surface area contributed by atoms with Gasteiger partial charge in [-0.15, -0.1) is 0 Å². The van der Waals surface area contributed by atoms with E-state index in [0.29, 0.717) is 6.20 Å². The van der Waals surface area contributed by atoms with Gasteiger partial charge in [0.25, 0.3) is 0 Å². The smallest absolute Gasteiger partial charge is 0.433 e. The minimum atomic E-state index is -4.74. The van der Waals surface area contributed by atoms with Crippen LogP contribution in [0, 0.1) is 12.7 Å². The number of nitrogens with zero attached hydrogens (tertiary/aromatic N) is 1. The molecule has 0 bridgehead atoms. The van der Waals surface area contributed by atoms with Crippen molar-refractivity contribution in [2.24, 2.45) is 0 Å². The number of pyridine rings is 1. The lowest BCUT2D eigenvalue weighted by Gasteiger charge is -2.12. The van der Waals surface area contributed by atoms with Crippen LogP contribution in [0.1, 0.15) is 28.5 Å². The van der Waals surface area contributed by atoms with E-state index in [1.54, 1.807) is 0 Å². The van der Waals surface area contributed by atoms with Crippen LogP contribution in [0.2, 0.25) is 0 Å². The van der Waals surface area contributed by atoms with Crippen LogP contribution < -0.4 is 0 Å². The second-order valence-corrected chi connectivity index (χ2v) is 3.17. The van der Waals surface area contributed by atoms with E-state index in [0.717, 1.165) is 6.92 Å². The Bertz CT molecular complexity index is 443. The van der Waals surface area contributed by atoms with Gasteiger partial charge in [-0.2, -0.15) is 13.2 Å². The molecule has 3 nitrogen and oxygen atoms in total. The quantitative estimate of drug-likeness (QED) is 0.599. The third kappa shape index (κ3) is 2.72. The lowest BCUT2D eigenvalue weighted by molar-refractivity contribution is -0.141. The lowest BCUT2D eigenvalue weighted by atomic mass is 10.1. The van der Waals surface area contributed by atoms with Gasteiger partial charge in [0, 0.05) is 0 Å². The molecule has 0 radical (unpaired) electrons. The largest absolute Gasteiger partial charge is 0.462 e. The average Bonchev–Trinajstić information content (AvgIpc) is 2.15. The van der Waals surface area contributed by atoms with Gasteiger partial charge < -0.3 is 4.74 Å². The number of hydrogen-bond acceptors (Lipinski definition) is 3. The van der Waals surface area contributed by atoms with Gasteiger partial charge in [-0.05, 0) is 19.4 Å². The second kappa shape index (κ2) is 4.68. The average molecular weight is 251 g/mol. The summed E-state index contributed by atoms with van der Waals surface area (Å²) in [5.74, 6) is -2.26. The first-order valence-electron chi connectivity index (χ1n) is 4.68. The molecular formula is C10H9F4NO2. The molecule has 1 aromatic rings. The Labute approximate surface area is 94.4 Å². The van der Waals surface area contributed by atoms with Crippen LogP contribution in [0.4, 0.5) is 17.6 Å². The molecule has 0 aliphatic carbocycles. The standard InChI is InChI=1S/C10H9F4NO2/c1-3-17-9(16)7-5(2)8(10(12,13)14)15-4-6(7)11/h4H,3H2,1-2H3. The van der Waals surface area contributed by atoms with Gasteiger partial charge in [0.05, 0.1) is 12.8 Å². The maximum absolute atomic E-state index is 13.3. The molecule has 1 rings (SSSR count). The van der Waals surface area contributed by atoms with E-state index in [-0.39, 0.29) is 6.61 Å². The first-order valence-corrected chi connectivity index (χ1v) is 4.68. The fraction of sp³-hybridized carbons (Fsp3) is 0.400. The molecule has 0 saturated carbocycles. The van der Waals surface area contributed by atoms with Crippen LogP contribution in [0.15, 0.2) is 6.20 Å². The number of hydrogen-bond donors (Lipinski definition) is 0. The third-order valence-corrected chi connectivity index (χ3v) is 2.02. The van der Waals surface area contributed by atoms with Crippen molar-refractivity contribution >= 4 is 5.97 Å². The molecule has 0 fully saturated rings. The highest BCUT2D eigenvalue weighted by Gasteiger charge is 2.37. The minimum absolute atomic E-state index is 0.0542. The summed E-state index contributed by atoms with van der Waals surface area (Å²) in [6.07, 6.45) is -4.37. The second-order valence-electron chi connectivity index (χ2n) is 3.17. The molecule has 17 heavy (non-hydrogen) atoms. The van der Waals surface area contributed by atoms with E-state index >= 15 is 0 Å². The number of carbonyl (C=O) groups excluding carboxylic acids is 1. The van der Waals surface area contributed by atoms with E-state index in [1.807, 2.05) is 0 Å². The zero-order chi connectivity index (χ0) is 13.2. The maximum atomic E-state index is 13.3. The van der Waals surface area contributed by atoms with Crippen LogP contribution in [-0.4, -0.2) is 17.6 Å². The van der Waals surface area contributed by atoms with E-state index in [1.165, 1.54) is 6.92 Å². The molecule has 0 N–H and O–H groups in total. The number of esters is 1. The summed E-state index contributed by atoms with van der Waals surface area (Å²) >= 11 is 0. The van der Waals surface area contributed by atoms with Gasteiger partial charge in [-0.1, -0.05) is 0 Å². The molecule has 1 heterocycles. The summed E-state index contributed by atoms with van der Waals surface area (Å²) in [6, 6.07) is 0. The van der Waals surface area contributed by atoms with Gasteiger partial charge in [0.1, 0.15) is 11.3 Å². The van der Waals surface area contributed by atoms with Gasteiger partial charge in [0.2, 0.25) is 0 Å². The highest BCUT2D eigenvalue weighted by molar-refractivity contribution is 5.91. The van der Waals surface area contributed by atoms with Crippen LogP contribution in [0.3, 0.4) is 0 Å². The van der Waals surface area contributed by atoms with Crippen molar-refractivity contribution in [2.75, 3.05) is 6.61 Å². The lowest BCUT2D eigenvalue weighted by Crippen LogP contribution is -2.17. The molecule has 0 spiro atoms. The van der Waals surface area contributed by atoms with Crippen molar-refractivity contribution in [1.82, 2.24) is 4.98 Å². The molecule has 0 amide bonds.